The molecule has 0 fully saturated rings. The molecular weight excluding hydrogens is 669 g/mol. The topological polar surface area (TPSA) is 19.6 Å². The van der Waals surface area contributed by atoms with Crippen LogP contribution >= 0.6 is 0 Å². The molecule has 9 aromatic rings. The second-order valence-corrected chi connectivity index (χ2v) is 14.4. The fraction of sp³-hybridized carbons (Fsp3) is 0.0385. The highest BCUT2D eigenvalue weighted by atomic mass is 16.3. The number of furan rings is 1. The predicted molar refractivity (Wildman–Crippen MR) is 232 cm³/mol. The third kappa shape index (κ3) is 5.04. The van der Waals surface area contributed by atoms with Crippen LogP contribution in [0.25, 0.3) is 54.3 Å². The SMILES string of the molecule is C1=CC2C=CC=C(N(c3ccccc3)c3cc4c5cc(N(c6ccccc6)c6cccc7ccccc67)c6ccccc6c5oc4c4ccccc34)C2C=C1. The van der Waals surface area contributed by atoms with Crippen LogP contribution < -0.4 is 9.80 Å². The Labute approximate surface area is 319 Å². The van der Waals surface area contributed by atoms with Crippen LogP contribution in [0, 0.1) is 11.8 Å². The lowest BCUT2D eigenvalue weighted by molar-refractivity contribution is 0.613. The summed E-state index contributed by atoms with van der Waals surface area (Å²) in [5.74, 6) is 0.509. The number of fused-ring (bicyclic) bond motifs is 9. The molecule has 1 aromatic heterocycles. The minimum Gasteiger partial charge on any atom is -0.455 e. The molecule has 2 atom stereocenters. The van der Waals surface area contributed by atoms with Crippen molar-refractivity contribution in [2.45, 2.75) is 0 Å². The van der Waals surface area contributed by atoms with Crippen molar-refractivity contribution in [1.82, 2.24) is 0 Å². The average Bonchev–Trinajstić information content (AvgIpc) is 3.64. The second-order valence-electron chi connectivity index (χ2n) is 14.4. The highest BCUT2D eigenvalue weighted by Gasteiger charge is 2.30. The molecule has 0 aliphatic heterocycles. The van der Waals surface area contributed by atoms with E-state index in [1.54, 1.807) is 0 Å². The molecule has 55 heavy (non-hydrogen) atoms. The largest absolute Gasteiger partial charge is 0.455 e. The van der Waals surface area contributed by atoms with Gasteiger partial charge in [-0.2, -0.15) is 0 Å². The fourth-order valence-corrected chi connectivity index (χ4v) is 8.86. The van der Waals surface area contributed by atoms with Crippen molar-refractivity contribution in [3.63, 3.8) is 0 Å². The van der Waals surface area contributed by atoms with E-state index in [1.807, 2.05) is 0 Å². The summed E-state index contributed by atoms with van der Waals surface area (Å²) in [6.07, 6.45) is 15.8. The van der Waals surface area contributed by atoms with Crippen LogP contribution in [0.15, 0.2) is 216 Å². The number of hydrogen-bond acceptors (Lipinski definition) is 3. The van der Waals surface area contributed by atoms with E-state index in [2.05, 4.69) is 216 Å². The minimum atomic E-state index is 0.210. The monoisotopic (exact) mass is 704 g/mol. The van der Waals surface area contributed by atoms with Crippen molar-refractivity contribution >= 4 is 82.7 Å². The van der Waals surface area contributed by atoms with Crippen molar-refractivity contribution < 1.29 is 4.42 Å². The summed E-state index contributed by atoms with van der Waals surface area (Å²) in [6, 6.07) is 58.9. The molecule has 0 spiro atoms. The Bertz CT molecular complexity index is 3050. The lowest BCUT2D eigenvalue weighted by Gasteiger charge is -2.36. The number of allylic oxidation sites excluding steroid dienone is 7. The molecule has 8 aromatic carbocycles. The third-order valence-electron chi connectivity index (χ3n) is 11.3. The van der Waals surface area contributed by atoms with Crippen molar-refractivity contribution in [1.29, 1.82) is 0 Å². The summed E-state index contributed by atoms with van der Waals surface area (Å²) >= 11 is 0. The van der Waals surface area contributed by atoms with E-state index < -0.39 is 0 Å². The number of nitrogens with zero attached hydrogens (tertiary/aromatic N) is 2. The number of para-hydroxylation sites is 2. The highest BCUT2D eigenvalue weighted by Crippen LogP contribution is 2.50. The van der Waals surface area contributed by atoms with E-state index in [0.29, 0.717) is 5.92 Å². The summed E-state index contributed by atoms with van der Waals surface area (Å²) < 4.78 is 7.08. The van der Waals surface area contributed by atoms with Crippen LogP contribution in [0.3, 0.4) is 0 Å². The maximum atomic E-state index is 7.08. The standard InChI is InChI=1S/C52H36N2O/c1-3-21-37(22-4-1)53(47-31-15-19-35-17-7-9-25-39(35)47)49-33-45-46-34-50(42-28-12-14-30-44(42)52(46)55-51(45)43-29-13-11-27-41(43)49)54(38-23-5-2-6-24-38)48-32-16-20-36-18-8-10-26-40(36)48/h1-35,39H. The van der Waals surface area contributed by atoms with Crippen LogP contribution in [0.1, 0.15) is 0 Å². The lowest BCUT2D eigenvalue weighted by Crippen LogP contribution is -2.27. The predicted octanol–water partition coefficient (Wildman–Crippen LogP) is 14.5. The van der Waals surface area contributed by atoms with E-state index in [1.165, 1.54) is 16.5 Å². The molecule has 0 bridgehead atoms. The molecule has 0 N–H and O–H groups in total. The Hall–Kier alpha value is -7.10. The summed E-state index contributed by atoms with van der Waals surface area (Å²) in [5.41, 5.74) is 8.62. The molecule has 0 radical (unpaired) electrons. The zero-order chi connectivity index (χ0) is 36.3. The first kappa shape index (κ1) is 31.4. The fourth-order valence-electron chi connectivity index (χ4n) is 8.86. The van der Waals surface area contributed by atoms with Gasteiger partial charge in [-0.25, -0.2) is 0 Å². The summed E-state index contributed by atoms with van der Waals surface area (Å²) in [7, 11) is 0. The second kappa shape index (κ2) is 12.8. The number of benzene rings is 8. The Morgan fingerprint density at radius 3 is 1.56 bits per heavy atom. The molecule has 3 nitrogen and oxygen atoms in total. The molecule has 3 heteroatoms. The molecule has 2 aliphatic rings. The van der Waals surface area contributed by atoms with Crippen molar-refractivity contribution in [3.8, 4) is 0 Å². The first-order chi connectivity index (χ1) is 27.3. The first-order valence-corrected chi connectivity index (χ1v) is 19.0. The molecule has 0 saturated carbocycles. The number of hydrogen-bond donors (Lipinski definition) is 0. The van der Waals surface area contributed by atoms with Crippen LogP contribution in [-0.2, 0) is 0 Å². The van der Waals surface area contributed by atoms with Gasteiger partial charge in [0.05, 0.1) is 17.1 Å². The highest BCUT2D eigenvalue weighted by molar-refractivity contribution is 6.25. The first-order valence-electron chi connectivity index (χ1n) is 19.0. The molecule has 11 rings (SSSR count). The van der Waals surface area contributed by atoms with Crippen molar-refractivity contribution in [2.75, 3.05) is 9.80 Å². The van der Waals surface area contributed by atoms with Gasteiger partial charge >= 0.3 is 0 Å². The van der Waals surface area contributed by atoms with E-state index in [0.717, 1.165) is 71.9 Å². The Kier molecular flexibility index (Phi) is 7.31. The Morgan fingerprint density at radius 1 is 0.382 bits per heavy atom. The van der Waals surface area contributed by atoms with Gasteiger partial charge < -0.3 is 14.2 Å². The summed E-state index contributed by atoms with van der Waals surface area (Å²) in [6.45, 7) is 0. The van der Waals surface area contributed by atoms with Crippen LogP contribution in [0.5, 0.6) is 0 Å². The Morgan fingerprint density at radius 2 is 0.891 bits per heavy atom. The molecule has 260 valence electrons. The van der Waals surface area contributed by atoms with Gasteiger partial charge in [0.15, 0.2) is 0 Å². The van der Waals surface area contributed by atoms with Crippen molar-refractivity contribution in [2.24, 2.45) is 11.8 Å². The zero-order valence-corrected chi connectivity index (χ0v) is 30.1. The minimum absolute atomic E-state index is 0.210. The average molecular weight is 705 g/mol. The quantitative estimate of drug-likeness (QED) is 0.172. The van der Waals surface area contributed by atoms with Gasteiger partial charge in [0.1, 0.15) is 11.2 Å². The maximum absolute atomic E-state index is 7.08. The van der Waals surface area contributed by atoms with E-state index in [9.17, 15) is 0 Å². The van der Waals surface area contributed by atoms with Gasteiger partial charge in [0, 0.05) is 66.6 Å². The van der Waals surface area contributed by atoms with Crippen LogP contribution in [0.4, 0.5) is 28.4 Å². The van der Waals surface area contributed by atoms with Gasteiger partial charge in [-0.15, -0.1) is 0 Å². The number of rotatable bonds is 6. The zero-order valence-electron chi connectivity index (χ0n) is 30.1. The van der Waals surface area contributed by atoms with Gasteiger partial charge in [-0.3, -0.25) is 0 Å². The smallest absolute Gasteiger partial charge is 0.143 e. The lowest BCUT2D eigenvalue weighted by atomic mass is 9.81. The normalized spacial score (nSPS) is 16.3. The van der Waals surface area contributed by atoms with Gasteiger partial charge in [-0.1, -0.05) is 158 Å². The van der Waals surface area contributed by atoms with Gasteiger partial charge in [-0.05, 0) is 53.9 Å². The molecular formula is C52H36N2O. The van der Waals surface area contributed by atoms with Gasteiger partial charge in [0.25, 0.3) is 0 Å². The third-order valence-corrected chi connectivity index (χ3v) is 11.3. The number of anilines is 5. The summed E-state index contributed by atoms with van der Waals surface area (Å²) in [4.78, 5) is 4.89. The molecule has 0 amide bonds. The summed E-state index contributed by atoms with van der Waals surface area (Å²) in [5, 5.41) is 9.02. The van der Waals surface area contributed by atoms with Crippen molar-refractivity contribution in [3.05, 3.63) is 212 Å². The maximum Gasteiger partial charge on any atom is 0.143 e. The molecule has 2 aliphatic carbocycles. The van der Waals surface area contributed by atoms with Crippen LogP contribution in [-0.4, -0.2) is 0 Å². The molecule has 1 heterocycles. The molecule has 2 unspecified atom stereocenters. The van der Waals surface area contributed by atoms with Crippen LogP contribution in [0.2, 0.25) is 0 Å². The van der Waals surface area contributed by atoms with E-state index in [4.69, 9.17) is 4.42 Å². The van der Waals surface area contributed by atoms with E-state index in [-0.39, 0.29) is 5.92 Å². The van der Waals surface area contributed by atoms with Gasteiger partial charge in [0.2, 0.25) is 0 Å². The van der Waals surface area contributed by atoms with E-state index >= 15 is 0 Å². The Balaban J connectivity index is 1.23. The molecule has 0 saturated heterocycles.